The highest BCUT2D eigenvalue weighted by molar-refractivity contribution is 7.98. The molecule has 1 aromatic rings. The summed E-state index contributed by atoms with van der Waals surface area (Å²) in [6, 6.07) is 9.84. The van der Waals surface area contributed by atoms with Gasteiger partial charge in [0.15, 0.2) is 0 Å². The third-order valence-corrected chi connectivity index (χ3v) is 2.24. The molecule has 1 rings (SSSR count). The first kappa shape index (κ1) is 10.1. The lowest BCUT2D eigenvalue weighted by Crippen LogP contribution is -2.14. The Labute approximate surface area is 83.2 Å². The number of amidine groups is 1. The van der Waals surface area contributed by atoms with Gasteiger partial charge in [-0.25, -0.2) is 0 Å². The molecule has 0 radical (unpaired) electrons. The summed E-state index contributed by atoms with van der Waals surface area (Å²) in [5, 5.41) is 0. The van der Waals surface area contributed by atoms with Crippen LogP contribution in [-0.2, 0) is 0 Å². The van der Waals surface area contributed by atoms with Gasteiger partial charge in [-0.3, -0.25) is 4.99 Å². The molecule has 2 nitrogen and oxygen atoms in total. The van der Waals surface area contributed by atoms with Gasteiger partial charge in [0.1, 0.15) is 5.84 Å². The second-order valence-corrected chi connectivity index (χ2v) is 3.61. The molecule has 2 N–H and O–H groups in total. The predicted molar refractivity (Wildman–Crippen MR) is 60.4 cm³/mol. The Balaban J connectivity index is 2.57. The van der Waals surface area contributed by atoms with Crippen molar-refractivity contribution in [3.63, 3.8) is 0 Å². The number of aliphatic imine (C=N–C) groups is 1. The molecule has 1 aromatic carbocycles. The SMILES string of the molecule is CSCCN=C(N)c1ccccc1. The van der Waals surface area contributed by atoms with Crippen molar-refractivity contribution in [1.82, 2.24) is 0 Å². The molecule has 0 fully saturated rings. The summed E-state index contributed by atoms with van der Waals surface area (Å²) >= 11 is 1.78. The van der Waals surface area contributed by atoms with E-state index in [1.165, 1.54) is 0 Å². The maximum Gasteiger partial charge on any atom is 0.125 e. The summed E-state index contributed by atoms with van der Waals surface area (Å²) in [5.74, 6) is 1.66. The zero-order chi connectivity index (χ0) is 9.52. The topological polar surface area (TPSA) is 38.4 Å². The molecule has 0 aliphatic heterocycles. The van der Waals surface area contributed by atoms with Crippen molar-refractivity contribution < 1.29 is 0 Å². The van der Waals surface area contributed by atoms with Crippen molar-refractivity contribution >= 4 is 17.6 Å². The van der Waals surface area contributed by atoms with Crippen molar-refractivity contribution in [2.75, 3.05) is 18.6 Å². The number of benzene rings is 1. The molecule has 70 valence electrons. The molecule has 0 saturated carbocycles. The zero-order valence-corrected chi connectivity index (χ0v) is 8.55. The Morgan fingerprint density at radius 2 is 2.08 bits per heavy atom. The molecule has 3 heteroatoms. The zero-order valence-electron chi connectivity index (χ0n) is 7.73. The van der Waals surface area contributed by atoms with Crippen LogP contribution >= 0.6 is 11.8 Å². The molecule has 0 heterocycles. The highest BCUT2D eigenvalue weighted by Crippen LogP contribution is 1.98. The Morgan fingerprint density at radius 1 is 1.38 bits per heavy atom. The van der Waals surface area contributed by atoms with Crippen LogP contribution in [0.5, 0.6) is 0 Å². The summed E-state index contributed by atoms with van der Waals surface area (Å²) in [6.07, 6.45) is 2.06. The minimum atomic E-state index is 0.634. The molecule has 0 bridgehead atoms. The number of nitrogens with two attached hydrogens (primary N) is 1. The van der Waals surface area contributed by atoms with Crippen LogP contribution in [-0.4, -0.2) is 24.4 Å². The summed E-state index contributed by atoms with van der Waals surface area (Å²) in [7, 11) is 0. The predicted octanol–water partition coefficient (Wildman–Crippen LogP) is 1.75. The van der Waals surface area contributed by atoms with Gasteiger partial charge in [-0.15, -0.1) is 0 Å². The Bertz CT molecular complexity index is 270. The van der Waals surface area contributed by atoms with E-state index in [1.54, 1.807) is 11.8 Å². The fourth-order valence-electron chi connectivity index (χ4n) is 0.958. The Kier molecular flexibility index (Phi) is 4.40. The van der Waals surface area contributed by atoms with E-state index in [0.29, 0.717) is 5.84 Å². The molecule has 0 atom stereocenters. The van der Waals surface area contributed by atoms with E-state index in [1.807, 2.05) is 30.3 Å². The molecular formula is C10H14N2S. The van der Waals surface area contributed by atoms with Crippen molar-refractivity contribution in [2.45, 2.75) is 0 Å². The normalized spacial score (nSPS) is 11.6. The van der Waals surface area contributed by atoms with E-state index in [9.17, 15) is 0 Å². The van der Waals surface area contributed by atoms with E-state index in [-0.39, 0.29) is 0 Å². The van der Waals surface area contributed by atoms with Crippen molar-refractivity contribution in [2.24, 2.45) is 10.7 Å². The first-order chi connectivity index (χ1) is 6.34. The Hall–Kier alpha value is -0.960. The first-order valence-electron chi connectivity index (χ1n) is 4.19. The number of rotatable bonds is 4. The number of hydrogen-bond donors (Lipinski definition) is 1. The van der Waals surface area contributed by atoms with Gasteiger partial charge < -0.3 is 5.73 Å². The average molecular weight is 194 g/mol. The summed E-state index contributed by atoms with van der Waals surface area (Å²) in [5.41, 5.74) is 6.78. The van der Waals surface area contributed by atoms with E-state index in [2.05, 4.69) is 11.2 Å². The van der Waals surface area contributed by atoms with Crippen LogP contribution in [0.1, 0.15) is 5.56 Å². The van der Waals surface area contributed by atoms with Crippen LogP contribution in [0.25, 0.3) is 0 Å². The lowest BCUT2D eigenvalue weighted by atomic mass is 10.2. The van der Waals surface area contributed by atoms with Crippen LogP contribution in [0.3, 0.4) is 0 Å². The lowest BCUT2D eigenvalue weighted by molar-refractivity contribution is 1.14. The largest absolute Gasteiger partial charge is 0.384 e. The summed E-state index contributed by atoms with van der Waals surface area (Å²) < 4.78 is 0. The quantitative estimate of drug-likeness (QED) is 0.450. The van der Waals surface area contributed by atoms with Gasteiger partial charge in [-0.2, -0.15) is 11.8 Å². The number of nitrogens with zero attached hydrogens (tertiary/aromatic N) is 1. The van der Waals surface area contributed by atoms with Gasteiger partial charge in [0, 0.05) is 11.3 Å². The van der Waals surface area contributed by atoms with Gasteiger partial charge in [0.25, 0.3) is 0 Å². The van der Waals surface area contributed by atoms with E-state index in [4.69, 9.17) is 5.73 Å². The summed E-state index contributed by atoms with van der Waals surface area (Å²) in [6.45, 7) is 0.794. The lowest BCUT2D eigenvalue weighted by Gasteiger charge is -1.99. The Morgan fingerprint density at radius 3 is 2.69 bits per heavy atom. The fourth-order valence-corrected chi connectivity index (χ4v) is 1.23. The molecule has 13 heavy (non-hydrogen) atoms. The highest BCUT2D eigenvalue weighted by atomic mass is 32.2. The highest BCUT2D eigenvalue weighted by Gasteiger charge is 1.94. The van der Waals surface area contributed by atoms with E-state index >= 15 is 0 Å². The van der Waals surface area contributed by atoms with Crippen LogP contribution in [0.2, 0.25) is 0 Å². The monoisotopic (exact) mass is 194 g/mol. The second kappa shape index (κ2) is 5.65. The minimum absolute atomic E-state index is 0.634. The summed E-state index contributed by atoms with van der Waals surface area (Å²) in [4.78, 5) is 4.26. The average Bonchev–Trinajstić information content (AvgIpc) is 2.19. The van der Waals surface area contributed by atoms with Crippen molar-refractivity contribution in [3.05, 3.63) is 35.9 Å². The first-order valence-corrected chi connectivity index (χ1v) is 5.58. The maximum atomic E-state index is 5.78. The fraction of sp³-hybridized carbons (Fsp3) is 0.300. The maximum absolute atomic E-state index is 5.78. The third-order valence-electron chi connectivity index (χ3n) is 1.65. The molecule has 0 unspecified atom stereocenters. The van der Waals surface area contributed by atoms with Crippen LogP contribution in [0.4, 0.5) is 0 Å². The van der Waals surface area contributed by atoms with E-state index < -0.39 is 0 Å². The van der Waals surface area contributed by atoms with Crippen LogP contribution < -0.4 is 5.73 Å². The number of thioether (sulfide) groups is 1. The van der Waals surface area contributed by atoms with E-state index in [0.717, 1.165) is 17.9 Å². The van der Waals surface area contributed by atoms with Gasteiger partial charge in [0.05, 0.1) is 6.54 Å². The molecule has 0 saturated heterocycles. The second-order valence-electron chi connectivity index (χ2n) is 2.63. The molecule has 0 aliphatic carbocycles. The molecule has 0 amide bonds. The van der Waals surface area contributed by atoms with Gasteiger partial charge in [-0.05, 0) is 6.26 Å². The van der Waals surface area contributed by atoms with Crippen LogP contribution in [0.15, 0.2) is 35.3 Å². The van der Waals surface area contributed by atoms with Gasteiger partial charge >= 0.3 is 0 Å². The standard InChI is InChI=1S/C10H14N2S/c1-13-8-7-12-10(11)9-5-3-2-4-6-9/h2-6H,7-8H2,1H3,(H2,11,12). The molecule has 0 aromatic heterocycles. The van der Waals surface area contributed by atoms with Crippen molar-refractivity contribution in [1.29, 1.82) is 0 Å². The van der Waals surface area contributed by atoms with Gasteiger partial charge in [0.2, 0.25) is 0 Å². The molecular weight excluding hydrogens is 180 g/mol. The van der Waals surface area contributed by atoms with Crippen LogP contribution in [0, 0.1) is 0 Å². The molecule has 0 aliphatic rings. The molecule has 0 spiro atoms. The number of hydrogen-bond acceptors (Lipinski definition) is 2. The van der Waals surface area contributed by atoms with Gasteiger partial charge in [-0.1, -0.05) is 30.3 Å². The third kappa shape index (κ3) is 3.51. The van der Waals surface area contributed by atoms with Crippen molar-refractivity contribution in [3.8, 4) is 0 Å². The minimum Gasteiger partial charge on any atom is -0.384 e. The smallest absolute Gasteiger partial charge is 0.125 e.